The minimum absolute atomic E-state index is 0.0204. The van der Waals surface area contributed by atoms with Crippen LogP contribution in [0.25, 0.3) is 0 Å². The standard InChI is InChI=1S/C8H17NO2S/c1-6-12(10,11)9(7(2)3)8(4)5/h6-8H,1H2,2-5H3. The molecule has 0 aromatic heterocycles. The van der Waals surface area contributed by atoms with Gasteiger partial charge in [-0.1, -0.05) is 6.58 Å². The van der Waals surface area contributed by atoms with Crippen molar-refractivity contribution in [3.63, 3.8) is 0 Å². The van der Waals surface area contributed by atoms with Crippen LogP contribution in [0.5, 0.6) is 0 Å². The zero-order valence-electron chi connectivity index (χ0n) is 8.11. The molecule has 0 spiro atoms. The average Bonchev–Trinajstić information content (AvgIpc) is 1.84. The van der Waals surface area contributed by atoms with E-state index in [-0.39, 0.29) is 12.1 Å². The van der Waals surface area contributed by atoms with E-state index in [9.17, 15) is 8.42 Å². The van der Waals surface area contributed by atoms with Crippen LogP contribution in [0.1, 0.15) is 27.7 Å². The van der Waals surface area contributed by atoms with Crippen LogP contribution in [0, 0.1) is 0 Å². The van der Waals surface area contributed by atoms with Crippen molar-refractivity contribution in [3.8, 4) is 0 Å². The fourth-order valence-electron chi connectivity index (χ4n) is 1.27. The summed E-state index contributed by atoms with van der Waals surface area (Å²) >= 11 is 0. The Morgan fingerprint density at radius 1 is 1.17 bits per heavy atom. The normalized spacial score (nSPS) is 12.9. The topological polar surface area (TPSA) is 37.4 Å². The molecule has 0 atom stereocenters. The predicted molar refractivity (Wildman–Crippen MR) is 51.2 cm³/mol. The van der Waals surface area contributed by atoms with Crippen molar-refractivity contribution in [2.24, 2.45) is 0 Å². The molecule has 0 saturated heterocycles. The molecule has 72 valence electrons. The highest BCUT2D eigenvalue weighted by atomic mass is 32.2. The number of nitrogens with zero attached hydrogens (tertiary/aromatic N) is 1. The van der Waals surface area contributed by atoms with Gasteiger partial charge >= 0.3 is 0 Å². The molecule has 12 heavy (non-hydrogen) atoms. The summed E-state index contributed by atoms with van der Waals surface area (Å²) in [5.74, 6) is 0. The first-order chi connectivity index (χ1) is 5.33. The van der Waals surface area contributed by atoms with Crippen molar-refractivity contribution in [1.29, 1.82) is 0 Å². The van der Waals surface area contributed by atoms with Crippen LogP contribution < -0.4 is 0 Å². The zero-order valence-corrected chi connectivity index (χ0v) is 8.93. The van der Waals surface area contributed by atoms with Gasteiger partial charge in [0.25, 0.3) is 0 Å². The largest absolute Gasteiger partial charge is 0.236 e. The van der Waals surface area contributed by atoms with Gasteiger partial charge in [-0.25, -0.2) is 8.42 Å². The summed E-state index contributed by atoms with van der Waals surface area (Å²) in [5.41, 5.74) is 0. The zero-order chi connectivity index (χ0) is 9.94. The Hall–Kier alpha value is -0.350. The van der Waals surface area contributed by atoms with Crippen LogP contribution in [0.4, 0.5) is 0 Å². The number of rotatable bonds is 4. The van der Waals surface area contributed by atoms with E-state index in [0.29, 0.717) is 0 Å². The van der Waals surface area contributed by atoms with Gasteiger partial charge in [-0.05, 0) is 27.7 Å². The van der Waals surface area contributed by atoms with Crippen molar-refractivity contribution in [2.45, 2.75) is 39.8 Å². The monoisotopic (exact) mass is 191 g/mol. The molecule has 0 aromatic rings. The summed E-state index contributed by atoms with van der Waals surface area (Å²) in [4.78, 5) is 0. The minimum atomic E-state index is -3.26. The first-order valence-corrected chi connectivity index (χ1v) is 5.49. The Kier molecular flexibility index (Phi) is 3.93. The molecule has 0 saturated carbocycles. The van der Waals surface area contributed by atoms with Gasteiger partial charge in [0.1, 0.15) is 0 Å². The third-order valence-corrected chi connectivity index (χ3v) is 3.37. The van der Waals surface area contributed by atoms with E-state index in [4.69, 9.17) is 0 Å². The van der Waals surface area contributed by atoms with Crippen LogP contribution in [-0.4, -0.2) is 24.8 Å². The maximum atomic E-state index is 11.4. The molecule has 0 aromatic carbocycles. The van der Waals surface area contributed by atoms with Gasteiger partial charge in [0, 0.05) is 17.5 Å². The Bertz CT molecular complexity index is 234. The van der Waals surface area contributed by atoms with Crippen molar-refractivity contribution in [3.05, 3.63) is 12.0 Å². The third-order valence-electron chi connectivity index (χ3n) is 1.52. The second-order valence-electron chi connectivity index (χ2n) is 3.23. The Labute approximate surface area is 75.1 Å². The number of hydrogen-bond acceptors (Lipinski definition) is 2. The highest BCUT2D eigenvalue weighted by Crippen LogP contribution is 2.12. The van der Waals surface area contributed by atoms with Crippen molar-refractivity contribution in [1.82, 2.24) is 4.31 Å². The average molecular weight is 191 g/mol. The van der Waals surface area contributed by atoms with E-state index in [1.807, 2.05) is 27.7 Å². The molecule has 0 aliphatic rings. The number of sulfonamides is 1. The Morgan fingerprint density at radius 3 is 1.58 bits per heavy atom. The molecule has 0 unspecified atom stereocenters. The van der Waals surface area contributed by atoms with E-state index in [2.05, 4.69) is 6.58 Å². The molecule has 3 nitrogen and oxygen atoms in total. The quantitative estimate of drug-likeness (QED) is 0.676. The Morgan fingerprint density at radius 2 is 1.50 bits per heavy atom. The van der Waals surface area contributed by atoms with Crippen LogP contribution in [0.3, 0.4) is 0 Å². The summed E-state index contributed by atoms with van der Waals surface area (Å²) < 4.78 is 24.2. The molecule has 0 bridgehead atoms. The van der Waals surface area contributed by atoms with E-state index in [0.717, 1.165) is 5.41 Å². The lowest BCUT2D eigenvalue weighted by atomic mass is 10.3. The van der Waals surface area contributed by atoms with Crippen LogP contribution in [-0.2, 0) is 10.0 Å². The summed E-state index contributed by atoms with van der Waals surface area (Å²) in [6, 6.07) is -0.0407. The van der Waals surface area contributed by atoms with Crippen LogP contribution >= 0.6 is 0 Å². The molecular formula is C8H17NO2S. The molecule has 0 amide bonds. The van der Waals surface area contributed by atoms with E-state index in [1.165, 1.54) is 4.31 Å². The molecular weight excluding hydrogens is 174 g/mol. The van der Waals surface area contributed by atoms with Crippen molar-refractivity contribution >= 4 is 10.0 Å². The first kappa shape index (κ1) is 11.6. The van der Waals surface area contributed by atoms with Gasteiger partial charge in [0.2, 0.25) is 10.0 Å². The maximum absolute atomic E-state index is 11.4. The van der Waals surface area contributed by atoms with Gasteiger partial charge in [0.15, 0.2) is 0 Å². The molecule has 0 rings (SSSR count). The second kappa shape index (κ2) is 4.05. The molecule has 4 heteroatoms. The summed E-state index contributed by atoms with van der Waals surface area (Å²) in [7, 11) is -3.26. The highest BCUT2D eigenvalue weighted by Gasteiger charge is 2.24. The van der Waals surface area contributed by atoms with E-state index >= 15 is 0 Å². The molecule has 0 radical (unpaired) electrons. The van der Waals surface area contributed by atoms with Crippen molar-refractivity contribution in [2.75, 3.05) is 0 Å². The van der Waals surface area contributed by atoms with E-state index in [1.54, 1.807) is 0 Å². The number of hydrogen-bond donors (Lipinski definition) is 0. The lowest BCUT2D eigenvalue weighted by molar-refractivity contribution is 0.306. The third kappa shape index (κ3) is 2.60. The van der Waals surface area contributed by atoms with E-state index < -0.39 is 10.0 Å². The highest BCUT2D eigenvalue weighted by molar-refractivity contribution is 7.92. The minimum Gasteiger partial charge on any atom is -0.208 e. The maximum Gasteiger partial charge on any atom is 0.236 e. The molecule has 0 aliphatic carbocycles. The van der Waals surface area contributed by atoms with Gasteiger partial charge in [-0.15, -0.1) is 0 Å². The lowest BCUT2D eigenvalue weighted by Crippen LogP contribution is -2.40. The molecule has 0 aliphatic heterocycles. The summed E-state index contributed by atoms with van der Waals surface area (Å²) in [6.45, 7) is 10.7. The second-order valence-corrected chi connectivity index (χ2v) is 5.01. The van der Waals surface area contributed by atoms with Gasteiger partial charge in [-0.3, -0.25) is 0 Å². The van der Waals surface area contributed by atoms with Gasteiger partial charge in [-0.2, -0.15) is 4.31 Å². The molecule has 0 N–H and O–H groups in total. The van der Waals surface area contributed by atoms with Gasteiger partial charge in [0.05, 0.1) is 0 Å². The molecule has 0 heterocycles. The summed E-state index contributed by atoms with van der Waals surface area (Å²) in [6.07, 6.45) is 0. The fourth-order valence-corrected chi connectivity index (χ4v) is 2.62. The fraction of sp³-hybridized carbons (Fsp3) is 0.750. The van der Waals surface area contributed by atoms with Crippen molar-refractivity contribution < 1.29 is 8.42 Å². The summed E-state index contributed by atoms with van der Waals surface area (Å²) in [5, 5.41) is 0.993. The van der Waals surface area contributed by atoms with Crippen LogP contribution in [0.2, 0.25) is 0 Å². The first-order valence-electron chi connectivity index (χ1n) is 3.99. The van der Waals surface area contributed by atoms with Crippen LogP contribution in [0.15, 0.2) is 12.0 Å². The predicted octanol–water partition coefficient (Wildman–Crippen LogP) is 1.58. The SMILES string of the molecule is C=CS(=O)(=O)N(C(C)C)C(C)C. The smallest absolute Gasteiger partial charge is 0.208 e. The van der Waals surface area contributed by atoms with Gasteiger partial charge < -0.3 is 0 Å². The lowest BCUT2D eigenvalue weighted by Gasteiger charge is -2.27. The molecule has 0 fully saturated rings. The Balaban J connectivity index is 4.88.